The molecule has 0 N–H and O–H groups in total. The average molecular weight is 197 g/mol. The van der Waals surface area contributed by atoms with Crippen LogP contribution in [0.1, 0.15) is 40.5 Å². The molecule has 0 aromatic carbocycles. The molecule has 0 heterocycles. The summed E-state index contributed by atoms with van der Waals surface area (Å²) in [6, 6.07) is 0. The van der Waals surface area contributed by atoms with E-state index in [2.05, 4.69) is 27.7 Å². The summed E-state index contributed by atoms with van der Waals surface area (Å²) in [5.74, 6) is 1.15. The van der Waals surface area contributed by atoms with Crippen molar-refractivity contribution in [2.45, 2.75) is 44.9 Å². The Labute approximate surface area is 80.3 Å². The molecule has 0 fully saturated rings. The second-order valence-electron chi connectivity index (χ2n) is 4.05. The van der Waals surface area contributed by atoms with Crippen molar-refractivity contribution >= 4 is 23.2 Å². The largest absolute Gasteiger partial charge is 0.118 e. The zero-order valence-electron chi connectivity index (χ0n) is 7.82. The Morgan fingerprint density at radius 1 is 0.909 bits per heavy atom. The van der Waals surface area contributed by atoms with Crippen molar-refractivity contribution in [1.29, 1.82) is 0 Å². The quantitative estimate of drug-likeness (QED) is 0.591. The molecular weight excluding hydrogens is 179 g/mol. The minimum atomic E-state index is -0.512. The van der Waals surface area contributed by atoms with E-state index in [0.717, 1.165) is 12.8 Å². The van der Waals surface area contributed by atoms with E-state index in [1.165, 1.54) is 0 Å². The Morgan fingerprint density at radius 3 is 1.36 bits per heavy atom. The van der Waals surface area contributed by atoms with Gasteiger partial charge in [-0.2, -0.15) is 0 Å². The van der Waals surface area contributed by atoms with Gasteiger partial charge in [0.15, 0.2) is 0 Å². The van der Waals surface area contributed by atoms with Crippen LogP contribution < -0.4 is 0 Å². The van der Waals surface area contributed by atoms with Gasteiger partial charge in [-0.1, -0.05) is 27.7 Å². The molecule has 11 heavy (non-hydrogen) atoms. The fourth-order valence-corrected chi connectivity index (χ4v) is 2.51. The lowest BCUT2D eigenvalue weighted by Gasteiger charge is -2.23. The number of hydrogen-bond acceptors (Lipinski definition) is 0. The number of hydrogen-bond donors (Lipinski definition) is 0. The first kappa shape index (κ1) is 11.6. The molecule has 0 rings (SSSR count). The van der Waals surface area contributed by atoms with Crippen LogP contribution in [-0.4, -0.2) is 4.33 Å². The topological polar surface area (TPSA) is 0 Å². The maximum Gasteiger partial charge on any atom is 0.118 e. The normalized spacial score (nSPS) is 13.1. The van der Waals surface area contributed by atoms with Gasteiger partial charge in [0.1, 0.15) is 4.33 Å². The highest BCUT2D eigenvalue weighted by Crippen LogP contribution is 2.35. The van der Waals surface area contributed by atoms with Gasteiger partial charge in [-0.25, -0.2) is 0 Å². The molecule has 68 valence electrons. The predicted molar refractivity (Wildman–Crippen MR) is 53.3 cm³/mol. The van der Waals surface area contributed by atoms with Crippen LogP contribution >= 0.6 is 23.2 Å². The van der Waals surface area contributed by atoms with Gasteiger partial charge in [0.25, 0.3) is 0 Å². The van der Waals surface area contributed by atoms with E-state index >= 15 is 0 Å². The maximum absolute atomic E-state index is 6.09. The van der Waals surface area contributed by atoms with Gasteiger partial charge in [0.05, 0.1) is 0 Å². The second kappa shape index (κ2) is 4.57. The van der Waals surface area contributed by atoms with E-state index in [9.17, 15) is 0 Å². The van der Waals surface area contributed by atoms with E-state index in [1.54, 1.807) is 0 Å². The van der Waals surface area contributed by atoms with E-state index in [-0.39, 0.29) is 0 Å². The third kappa shape index (κ3) is 6.96. The van der Waals surface area contributed by atoms with Gasteiger partial charge in [-0.3, -0.25) is 0 Å². The van der Waals surface area contributed by atoms with Crippen LogP contribution in [-0.2, 0) is 0 Å². The molecule has 0 radical (unpaired) electrons. The Bertz CT molecular complexity index is 94.1. The van der Waals surface area contributed by atoms with Crippen molar-refractivity contribution in [2.24, 2.45) is 11.8 Å². The summed E-state index contributed by atoms with van der Waals surface area (Å²) < 4.78 is -0.512. The molecule has 0 aliphatic heterocycles. The third-order valence-electron chi connectivity index (χ3n) is 1.41. The van der Waals surface area contributed by atoms with Crippen LogP contribution in [0.3, 0.4) is 0 Å². The third-order valence-corrected chi connectivity index (χ3v) is 2.03. The van der Waals surface area contributed by atoms with Crippen molar-refractivity contribution in [3.8, 4) is 0 Å². The summed E-state index contributed by atoms with van der Waals surface area (Å²) in [4.78, 5) is 0. The molecule has 0 saturated heterocycles. The van der Waals surface area contributed by atoms with Crippen LogP contribution in [0.25, 0.3) is 0 Å². The van der Waals surface area contributed by atoms with Crippen molar-refractivity contribution in [3.63, 3.8) is 0 Å². The molecule has 0 aromatic rings. The molecule has 0 aromatic heterocycles. The summed E-state index contributed by atoms with van der Waals surface area (Å²) >= 11 is 12.2. The summed E-state index contributed by atoms with van der Waals surface area (Å²) in [5.41, 5.74) is 0. The summed E-state index contributed by atoms with van der Waals surface area (Å²) in [6.07, 6.45) is 1.77. The van der Waals surface area contributed by atoms with Crippen molar-refractivity contribution in [3.05, 3.63) is 0 Å². The van der Waals surface area contributed by atoms with Crippen molar-refractivity contribution in [1.82, 2.24) is 0 Å². The standard InChI is InChI=1S/C9H18Cl2/c1-7(2)5-9(10,11)6-8(3)4/h7-8H,5-6H2,1-4H3. The smallest absolute Gasteiger partial charge is 0.102 e. The fourth-order valence-electron chi connectivity index (χ4n) is 1.28. The first-order chi connectivity index (χ1) is 4.83. The van der Waals surface area contributed by atoms with Crippen LogP contribution in [0.2, 0.25) is 0 Å². The lowest BCUT2D eigenvalue weighted by atomic mass is 10.00. The first-order valence-corrected chi connectivity index (χ1v) is 4.97. The number of alkyl halides is 2. The second-order valence-corrected chi connectivity index (χ2v) is 5.69. The van der Waals surface area contributed by atoms with Gasteiger partial charge in [-0.15, -0.1) is 23.2 Å². The first-order valence-electron chi connectivity index (χ1n) is 4.21. The Hall–Kier alpha value is 0.580. The fraction of sp³-hybridized carbons (Fsp3) is 1.00. The lowest BCUT2D eigenvalue weighted by molar-refractivity contribution is 0.456. The van der Waals surface area contributed by atoms with Crippen LogP contribution in [0.4, 0.5) is 0 Å². The molecule has 0 saturated carbocycles. The van der Waals surface area contributed by atoms with Crippen LogP contribution in [0.5, 0.6) is 0 Å². The molecule has 2 heteroatoms. The Kier molecular flexibility index (Phi) is 4.81. The molecule has 0 unspecified atom stereocenters. The van der Waals surface area contributed by atoms with Crippen molar-refractivity contribution < 1.29 is 0 Å². The molecular formula is C9H18Cl2. The van der Waals surface area contributed by atoms with E-state index in [4.69, 9.17) is 23.2 Å². The van der Waals surface area contributed by atoms with Crippen LogP contribution in [0, 0.1) is 11.8 Å². The summed E-state index contributed by atoms with van der Waals surface area (Å²) in [5, 5.41) is 0. The van der Waals surface area contributed by atoms with Gasteiger partial charge in [-0.05, 0) is 24.7 Å². The minimum absolute atomic E-state index is 0.512. The highest BCUT2D eigenvalue weighted by atomic mass is 35.5. The van der Waals surface area contributed by atoms with Gasteiger partial charge in [0.2, 0.25) is 0 Å². The van der Waals surface area contributed by atoms with Gasteiger partial charge >= 0.3 is 0 Å². The summed E-state index contributed by atoms with van der Waals surface area (Å²) in [6.45, 7) is 8.55. The SMILES string of the molecule is CC(C)CC(Cl)(Cl)CC(C)C. The van der Waals surface area contributed by atoms with Crippen LogP contribution in [0.15, 0.2) is 0 Å². The number of halogens is 2. The lowest BCUT2D eigenvalue weighted by Crippen LogP contribution is -2.18. The molecule has 0 aliphatic rings. The molecule has 0 nitrogen and oxygen atoms in total. The Morgan fingerprint density at radius 2 is 1.18 bits per heavy atom. The van der Waals surface area contributed by atoms with E-state index < -0.39 is 4.33 Å². The monoisotopic (exact) mass is 196 g/mol. The summed E-state index contributed by atoms with van der Waals surface area (Å²) in [7, 11) is 0. The molecule has 0 aliphatic carbocycles. The molecule has 0 bridgehead atoms. The molecule has 0 atom stereocenters. The zero-order chi connectivity index (χ0) is 9.07. The van der Waals surface area contributed by atoms with Gasteiger partial charge < -0.3 is 0 Å². The zero-order valence-corrected chi connectivity index (χ0v) is 9.34. The molecule has 0 amide bonds. The highest BCUT2D eigenvalue weighted by Gasteiger charge is 2.25. The molecule has 0 spiro atoms. The minimum Gasteiger partial charge on any atom is -0.102 e. The highest BCUT2D eigenvalue weighted by molar-refractivity contribution is 6.48. The average Bonchev–Trinajstić information content (AvgIpc) is 1.53. The van der Waals surface area contributed by atoms with E-state index in [0.29, 0.717) is 11.8 Å². The van der Waals surface area contributed by atoms with Gasteiger partial charge in [0, 0.05) is 0 Å². The Balaban J connectivity index is 3.79. The van der Waals surface area contributed by atoms with Crippen molar-refractivity contribution in [2.75, 3.05) is 0 Å². The van der Waals surface area contributed by atoms with E-state index in [1.807, 2.05) is 0 Å². The maximum atomic E-state index is 6.09. The number of rotatable bonds is 4. The predicted octanol–water partition coefficient (Wildman–Crippen LogP) is 4.25.